The van der Waals surface area contributed by atoms with Crippen molar-refractivity contribution >= 4 is 29.3 Å². The third-order valence-corrected chi connectivity index (χ3v) is 5.29. The maximum Gasteiger partial charge on any atom is 0.233 e. The van der Waals surface area contributed by atoms with E-state index in [4.69, 9.17) is 16.3 Å². The number of aromatic nitrogens is 2. The van der Waals surface area contributed by atoms with Crippen molar-refractivity contribution in [3.63, 3.8) is 0 Å². The molecular formula is C20H20ClN3O2S. The first kappa shape index (κ1) is 19.3. The molecule has 0 aliphatic carbocycles. The molecule has 3 rings (SSSR count). The van der Waals surface area contributed by atoms with Gasteiger partial charge in [0.1, 0.15) is 5.75 Å². The Bertz CT molecular complexity index is 912. The van der Waals surface area contributed by atoms with Crippen molar-refractivity contribution < 1.29 is 9.53 Å². The van der Waals surface area contributed by atoms with E-state index in [1.807, 2.05) is 66.2 Å². The molecule has 1 N–H and O–H groups in total. The quantitative estimate of drug-likeness (QED) is 0.598. The van der Waals surface area contributed by atoms with E-state index in [9.17, 15) is 4.79 Å². The number of rotatable bonds is 7. The summed E-state index contributed by atoms with van der Waals surface area (Å²) in [4.78, 5) is 16.8. The number of halogens is 1. The molecule has 0 saturated heterocycles. The van der Waals surface area contributed by atoms with Crippen molar-refractivity contribution in [2.45, 2.75) is 23.9 Å². The summed E-state index contributed by atoms with van der Waals surface area (Å²) in [5, 5.41) is 4.07. The molecule has 1 amide bonds. The van der Waals surface area contributed by atoms with E-state index in [1.165, 1.54) is 11.8 Å². The van der Waals surface area contributed by atoms with Crippen LogP contribution in [0.2, 0.25) is 5.02 Å². The second-order valence-electron chi connectivity index (χ2n) is 5.89. The van der Waals surface area contributed by atoms with Gasteiger partial charge in [-0.2, -0.15) is 0 Å². The first-order valence-corrected chi connectivity index (χ1v) is 9.69. The average Bonchev–Trinajstić information content (AvgIpc) is 3.14. The number of benzene rings is 2. The normalized spacial score (nSPS) is 11.8. The summed E-state index contributed by atoms with van der Waals surface area (Å²) in [5.41, 5.74) is 1.93. The molecule has 0 spiro atoms. The lowest BCUT2D eigenvalue weighted by molar-refractivity contribution is -0.120. The second kappa shape index (κ2) is 8.97. The first-order chi connectivity index (χ1) is 13.1. The highest BCUT2D eigenvalue weighted by Gasteiger charge is 2.17. The summed E-state index contributed by atoms with van der Waals surface area (Å²) < 4.78 is 7.06. The minimum Gasteiger partial charge on any atom is -0.497 e. The predicted molar refractivity (Wildman–Crippen MR) is 109 cm³/mol. The lowest BCUT2D eigenvalue weighted by atomic mass is 10.2. The van der Waals surface area contributed by atoms with Gasteiger partial charge in [-0.05, 0) is 42.8 Å². The van der Waals surface area contributed by atoms with Crippen LogP contribution >= 0.6 is 23.4 Å². The fourth-order valence-corrected chi connectivity index (χ4v) is 3.58. The summed E-state index contributed by atoms with van der Waals surface area (Å²) in [6, 6.07) is 15.1. The van der Waals surface area contributed by atoms with Gasteiger partial charge in [0.25, 0.3) is 0 Å². The molecule has 5 nitrogen and oxygen atoms in total. The number of carbonyl (C=O) groups is 1. The Kier molecular flexibility index (Phi) is 6.42. The number of thioether (sulfide) groups is 1. The molecule has 140 valence electrons. The maximum absolute atomic E-state index is 12.5. The molecule has 1 aromatic heterocycles. The number of carbonyl (C=O) groups excluding carboxylic acids is 1. The molecular weight excluding hydrogens is 382 g/mol. The Morgan fingerprint density at radius 2 is 2.07 bits per heavy atom. The number of amides is 1. The number of hydrogen-bond acceptors (Lipinski definition) is 4. The third-order valence-electron chi connectivity index (χ3n) is 3.97. The maximum atomic E-state index is 12.5. The number of nitrogens with one attached hydrogen (secondary N) is 1. The van der Waals surface area contributed by atoms with Gasteiger partial charge in [-0.25, -0.2) is 4.98 Å². The van der Waals surface area contributed by atoms with Crippen LogP contribution in [0.3, 0.4) is 0 Å². The Balaban J connectivity index is 1.61. The van der Waals surface area contributed by atoms with Crippen LogP contribution in [-0.2, 0) is 11.3 Å². The van der Waals surface area contributed by atoms with E-state index < -0.39 is 0 Å². The predicted octanol–water partition coefficient (Wildman–Crippen LogP) is 4.33. The standard InChI is InChI=1S/C20H20ClN3O2S/c1-14(19(25)23-13-15-6-8-18(26-2)9-7-15)27-20-22-10-11-24(20)17-5-3-4-16(21)12-17/h3-12,14H,13H2,1-2H3,(H,23,25). The highest BCUT2D eigenvalue weighted by molar-refractivity contribution is 8.00. The summed E-state index contributed by atoms with van der Waals surface area (Å²) in [7, 11) is 1.63. The van der Waals surface area contributed by atoms with E-state index in [1.54, 1.807) is 13.3 Å². The minimum absolute atomic E-state index is 0.0449. The topological polar surface area (TPSA) is 56.1 Å². The zero-order valence-electron chi connectivity index (χ0n) is 15.1. The molecule has 0 aliphatic heterocycles. The molecule has 27 heavy (non-hydrogen) atoms. The molecule has 0 radical (unpaired) electrons. The van der Waals surface area contributed by atoms with E-state index in [0.717, 1.165) is 22.2 Å². The Morgan fingerprint density at radius 1 is 1.30 bits per heavy atom. The fourth-order valence-electron chi connectivity index (χ4n) is 2.49. The van der Waals surface area contributed by atoms with Gasteiger partial charge in [-0.1, -0.05) is 41.6 Å². The molecule has 0 aliphatic rings. The van der Waals surface area contributed by atoms with Crippen LogP contribution < -0.4 is 10.1 Å². The van der Waals surface area contributed by atoms with E-state index in [2.05, 4.69) is 10.3 Å². The highest BCUT2D eigenvalue weighted by Crippen LogP contribution is 2.25. The monoisotopic (exact) mass is 401 g/mol. The molecule has 1 atom stereocenters. The molecule has 2 aromatic carbocycles. The van der Waals surface area contributed by atoms with Gasteiger partial charge in [0.15, 0.2) is 5.16 Å². The largest absolute Gasteiger partial charge is 0.497 e. The summed E-state index contributed by atoms with van der Waals surface area (Å²) in [6.07, 6.45) is 3.57. The molecule has 0 fully saturated rings. The van der Waals surface area contributed by atoms with Crippen LogP contribution in [-0.4, -0.2) is 27.8 Å². The Morgan fingerprint density at radius 3 is 2.78 bits per heavy atom. The van der Waals surface area contributed by atoms with Crippen LogP contribution in [0.15, 0.2) is 66.1 Å². The van der Waals surface area contributed by atoms with Crippen molar-refractivity contribution in [3.8, 4) is 11.4 Å². The van der Waals surface area contributed by atoms with Crippen molar-refractivity contribution in [2.75, 3.05) is 7.11 Å². The lowest BCUT2D eigenvalue weighted by Gasteiger charge is -2.13. The highest BCUT2D eigenvalue weighted by atomic mass is 35.5. The Labute approximate surface area is 167 Å². The molecule has 0 bridgehead atoms. The molecule has 1 unspecified atom stereocenters. The van der Waals surface area contributed by atoms with Crippen molar-refractivity contribution in [3.05, 3.63) is 71.5 Å². The zero-order chi connectivity index (χ0) is 19.2. The van der Waals surface area contributed by atoms with Crippen LogP contribution in [0.1, 0.15) is 12.5 Å². The van der Waals surface area contributed by atoms with Crippen LogP contribution in [0.25, 0.3) is 5.69 Å². The molecule has 3 aromatic rings. The van der Waals surface area contributed by atoms with Gasteiger partial charge in [-0.3, -0.25) is 9.36 Å². The van der Waals surface area contributed by atoms with E-state index in [-0.39, 0.29) is 11.2 Å². The summed E-state index contributed by atoms with van der Waals surface area (Å²) in [6.45, 7) is 2.33. The number of imidazole rings is 1. The van der Waals surface area contributed by atoms with Gasteiger partial charge in [0, 0.05) is 29.6 Å². The smallest absolute Gasteiger partial charge is 0.233 e. The van der Waals surface area contributed by atoms with Crippen LogP contribution in [0.4, 0.5) is 0 Å². The lowest BCUT2D eigenvalue weighted by Crippen LogP contribution is -2.30. The fraction of sp³-hybridized carbons (Fsp3) is 0.200. The minimum atomic E-state index is -0.288. The van der Waals surface area contributed by atoms with E-state index in [0.29, 0.717) is 11.6 Å². The number of ether oxygens (including phenoxy) is 1. The third kappa shape index (κ3) is 5.05. The first-order valence-electron chi connectivity index (χ1n) is 8.43. The molecule has 1 heterocycles. The number of methoxy groups -OCH3 is 1. The summed E-state index contributed by atoms with van der Waals surface area (Å²) in [5.74, 6) is 0.748. The average molecular weight is 402 g/mol. The van der Waals surface area contributed by atoms with Crippen LogP contribution in [0.5, 0.6) is 5.75 Å². The van der Waals surface area contributed by atoms with Crippen molar-refractivity contribution in [2.24, 2.45) is 0 Å². The Hall–Kier alpha value is -2.44. The van der Waals surface area contributed by atoms with E-state index >= 15 is 0 Å². The SMILES string of the molecule is COc1ccc(CNC(=O)C(C)Sc2nccn2-c2cccc(Cl)c2)cc1. The van der Waals surface area contributed by atoms with Crippen molar-refractivity contribution in [1.82, 2.24) is 14.9 Å². The van der Waals surface area contributed by atoms with Gasteiger partial charge < -0.3 is 10.1 Å². The number of nitrogens with zero attached hydrogens (tertiary/aromatic N) is 2. The van der Waals surface area contributed by atoms with Crippen LogP contribution in [0, 0.1) is 0 Å². The molecule has 7 heteroatoms. The van der Waals surface area contributed by atoms with Gasteiger partial charge in [-0.15, -0.1) is 0 Å². The second-order valence-corrected chi connectivity index (χ2v) is 7.63. The zero-order valence-corrected chi connectivity index (χ0v) is 16.6. The van der Waals surface area contributed by atoms with Crippen molar-refractivity contribution in [1.29, 1.82) is 0 Å². The van der Waals surface area contributed by atoms with Gasteiger partial charge >= 0.3 is 0 Å². The molecule has 0 saturated carbocycles. The summed E-state index contributed by atoms with van der Waals surface area (Å²) >= 11 is 7.48. The van der Waals surface area contributed by atoms with Gasteiger partial charge in [0.05, 0.1) is 12.4 Å². The number of hydrogen-bond donors (Lipinski definition) is 1. The van der Waals surface area contributed by atoms with Gasteiger partial charge in [0.2, 0.25) is 5.91 Å².